The number of rotatable bonds is 6. The van der Waals surface area contributed by atoms with Crippen LogP contribution in [0.3, 0.4) is 0 Å². The van der Waals surface area contributed by atoms with E-state index < -0.39 is 0 Å². The van der Waals surface area contributed by atoms with Crippen LogP contribution in [0, 0.1) is 0 Å². The van der Waals surface area contributed by atoms with E-state index in [1.54, 1.807) is 23.5 Å². The molecule has 0 aliphatic heterocycles. The number of hydrogen-bond donors (Lipinski definition) is 1. The Morgan fingerprint density at radius 3 is 2.35 bits per heavy atom. The number of nitrogens with zero attached hydrogens (tertiary/aromatic N) is 5. The van der Waals surface area contributed by atoms with E-state index in [1.807, 2.05) is 10.8 Å². The molecule has 0 aliphatic rings. The van der Waals surface area contributed by atoms with Gasteiger partial charge in [0.1, 0.15) is 12.7 Å². The highest BCUT2D eigenvalue weighted by atomic mass is 15.3. The molecule has 0 saturated carbocycles. The average Bonchev–Trinajstić information content (AvgIpc) is 3.40. The molecule has 4 aromatic rings. The predicted molar refractivity (Wildman–Crippen MR) is 100 cm³/mol. The summed E-state index contributed by atoms with van der Waals surface area (Å²) in [7, 11) is 0. The number of hydrogen-bond acceptors (Lipinski definition) is 4. The molecule has 0 amide bonds. The van der Waals surface area contributed by atoms with E-state index >= 15 is 0 Å². The van der Waals surface area contributed by atoms with E-state index in [2.05, 4.69) is 75.8 Å². The fraction of sp³-hybridized carbons (Fsp3) is 0.150. The van der Waals surface area contributed by atoms with Gasteiger partial charge < -0.3 is 9.88 Å². The average molecular weight is 344 g/mol. The van der Waals surface area contributed by atoms with Crippen LogP contribution in [0.15, 0.2) is 79.9 Å². The van der Waals surface area contributed by atoms with E-state index in [0.29, 0.717) is 0 Å². The molecular weight excluding hydrogens is 324 g/mol. The minimum atomic E-state index is 0.258. The SMILES string of the molecule is CC(NCc1ccc(-n2ccnc2)cc1)c1ccc(-n2cncn2)cc1. The summed E-state index contributed by atoms with van der Waals surface area (Å²) in [4.78, 5) is 8.05. The summed E-state index contributed by atoms with van der Waals surface area (Å²) in [6, 6.07) is 17.1. The molecule has 130 valence electrons. The number of nitrogens with one attached hydrogen (secondary N) is 1. The third-order valence-corrected chi connectivity index (χ3v) is 4.43. The monoisotopic (exact) mass is 344 g/mol. The minimum absolute atomic E-state index is 0.258. The highest BCUT2D eigenvalue weighted by Crippen LogP contribution is 2.16. The first kappa shape index (κ1) is 16.2. The molecule has 0 saturated heterocycles. The molecule has 2 heterocycles. The Balaban J connectivity index is 1.37. The lowest BCUT2D eigenvalue weighted by Gasteiger charge is -2.15. The van der Waals surface area contributed by atoms with Crippen molar-refractivity contribution in [3.8, 4) is 11.4 Å². The molecule has 1 unspecified atom stereocenters. The van der Waals surface area contributed by atoms with Crippen molar-refractivity contribution in [3.05, 3.63) is 91.0 Å². The maximum absolute atomic E-state index is 4.15. The molecule has 0 aliphatic carbocycles. The highest BCUT2D eigenvalue weighted by Gasteiger charge is 2.06. The summed E-state index contributed by atoms with van der Waals surface area (Å²) in [5.74, 6) is 0. The second-order valence-electron chi connectivity index (χ2n) is 6.17. The number of aromatic nitrogens is 5. The fourth-order valence-corrected chi connectivity index (χ4v) is 2.84. The molecule has 26 heavy (non-hydrogen) atoms. The Hall–Kier alpha value is -3.25. The number of benzene rings is 2. The lowest BCUT2D eigenvalue weighted by molar-refractivity contribution is 0.574. The van der Waals surface area contributed by atoms with E-state index in [0.717, 1.165) is 17.9 Å². The third kappa shape index (κ3) is 3.55. The summed E-state index contributed by atoms with van der Waals surface area (Å²) in [6.07, 6.45) is 8.77. The van der Waals surface area contributed by atoms with Crippen LogP contribution in [0.5, 0.6) is 0 Å². The Morgan fingerprint density at radius 1 is 0.923 bits per heavy atom. The van der Waals surface area contributed by atoms with Gasteiger partial charge in [-0.05, 0) is 42.3 Å². The lowest BCUT2D eigenvalue weighted by atomic mass is 10.1. The van der Waals surface area contributed by atoms with Gasteiger partial charge in [0, 0.05) is 30.7 Å². The van der Waals surface area contributed by atoms with Crippen molar-refractivity contribution in [1.82, 2.24) is 29.6 Å². The molecule has 1 atom stereocenters. The molecule has 0 fully saturated rings. The van der Waals surface area contributed by atoms with Gasteiger partial charge in [0.2, 0.25) is 0 Å². The van der Waals surface area contributed by atoms with Crippen LogP contribution in [0.4, 0.5) is 0 Å². The summed E-state index contributed by atoms with van der Waals surface area (Å²) in [5.41, 5.74) is 4.61. The van der Waals surface area contributed by atoms with Crippen molar-refractivity contribution in [3.63, 3.8) is 0 Å². The molecular formula is C20H20N6. The van der Waals surface area contributed by atoms with Crippen molar-refractivity contribution in [2.75, 3.05) is 0 Å². The quantitative estimate of drug-likeness (QED) is 0.583. The lowest BCUT2D eigenvalue weighted by Crippen LogP contribution is -2.18. The van der Waals surface area contributed by atoms with Gasteiger partial charge in [-0.3, -0.25) is 0 Å². The summed E-state index contributed by atoms with van der Waals surface area (Å²) < 4.78 is 3.75. The van der Waals surface area contributed by atoms with E-state index in [9.17, 15) is 0 Å². The van der Waals surface area contributed by atoms with Crippen LogP contribution in [-0.4, -0.2) is 24.3 Å². The van der Waals surface area contributed by atoms with Gasteiger partial charge in [-0.15, -0.1) is 0 Å². The van der Waals surface area contributed by atoms with Crippen molar-refractivity contribution < 1.29 is 0 Å². The topological polar surface area (TPSA) is 60.6 Å². The molecule has 1 N–H and O–H groups in total. The molecule has 0 radical (unpaired) electrons. The molecule has 6 heteroatoms. The zero-order chi connectivity index (χ0) is 17.8. The van der Waals surface area contributed by atoms with E-state index in [-0.39, 0.29) is 6.04 Å². The first-order valence-electron chi connectivity index (χ1n) is 8.55. The summed E-state index contributed by atoms with van der Waals surface area (Å²) in [5, 5.41) is 7.72. The molecule has 0 spiro atoms. The molecule has 2 aromatic heterocycles. The smallest absolute Gasteiger partial charge is 0.138 e. The Labute approximate surface area is 152 Å². The third-order valence-electron chi connectivity index (χ3n) is 4.43. The van der Waals surface area contributed by atoms with Crippen molar-refractivity contribution >= 4 is 0 Å². The maximum Gasteiger partial charge on any atom is 0.138 e. The Morgan fingerprint density at radius 2 is 1.69 bits per heavy atom. The summed E-state index contributed by atoms with van der Waals surface area (Å²) >= 11 is 0. The standard InChI is InChI=1S/C20H20N6/c1-16(18-4-8-20(9-5-18)26-15-22-13-24-26)23-12-17-2-6-19(7-3-17)25-11-10-21-14-25/h2-11,13-16,23H,12H2,1H3. The van der Waals surface area contributed by atoms with Gasteiger partial charge in [-0.25, -0.2) is 14.6 Å². The fourth-order valence-electron chi connectivity index (χ4n) is 2.84. The van der Waals surface area contributed by atoms with Gasteiger partial charge >= 0.3 is 0 Å². The second-order valence-corrected chi connectivity index (χ2v) is 6.17. The van der Waals surface area contributed by atoms with Gasteiger partial charge in [0.15, 0.2) is 0 Å². The van der Waals surface area contributed by atoms with Crippen molar-refractivity contribution in [2.45, 2.75) is 19.5 Å². The van der Waals surface area contributed by atoms with Crippen LogP contribution in [-0.2, 0) is 6.54 Å². The summed E-state index contributed by atoms with van der Waals surface area (Å²) in [6.45, 7) is 2.99. The molecule has 4 rings (SSSR count). The van der Waals surface area contributed by atoms with Crippen LogP contribution in [0.1, 0.15) is 24.1 Å². The Bertz CT molecular complexity index is 925. The molecule has 6 nitrogen and oxygen atoms in total. The second kappa shape index (κ2) is 7.33. The van der Waals surface area contributed by atoms with E-state index in [1.165, 1.54) is 17.5 Å². The van der Waals surface area contributed by atoms with Gasteiger partial charge in [-0.1, -0.05) is 24.3 Å². The van der Waals surface area contributed by atoms with Crippen molar-refractivity contribution in [2.24, 2.45) is 0 Å². The van der Waals surface area contributed by atoms with E-state index in [4.69, 9.17) is 0 Å². The largest absolute Gasteiger partial charge is 0.306 e. The maximum atomic E-state index is 4.15. The highest BCUT2D eigenvalue weighted by molar-refractivity contribution is 5.36. The number of imidazole rings is 1. The minimum Gasteiger partial charge on any atom is -0.306 e. The van der Waals surface area contributed by atoms with Crippen molar-refractivity contribution in [1.29, 1.82) is 0 Å². The van der Waals surface area contributed by atoms with Gasteiger partial charge in [0.25, 0.3) is 0 Å². The van der Waals surface area contributed by atoms with Crippen LogP contribution in [0.2, 0.25) is 0 Å². The normalized spacial score (nSPS) is 12.2. The zero-order valence-electron chi connectivity index (χ0n) is 14.5. The van der Waals surface area contributed by atoms with Gasteiger partial charge in [-0.2, -0.15) is 5.10 Å². The first-order chi connectivity index (χ1) is 12.8. The van der Waals surface area contributed by atoms with Crippen LogP contribution >= 0.6 is 0 Å². The molecule has 2 aromatic carbocycles. The van der Waals surface area contributed by atoms with Crippen LogP contribution in [0.25, 0.3) is 11.4 Å². The van der Waals surface area contributed by atoms with Crippen LogP contribution < -0.4 is 5.32 Å². The molecule has 0 bridgehead atoms. The Kier molecular flexibility index (Phi) is 4.57. The predicted octanol–water partition coefficient (Wildman–Crippen LogP) is 3.30. The van der Waals surface area contributed by atoms with Gasteiger partial charge in [0.05, 0.1) is 12.0 Å². The first-order valence-corrected chi connectivity index (χ1v) is 8.55. The zero-order valence-corrected chi connectivity index (χ0v) is 14.5.